The summed E-state index contributed by atoms with van der Waals surface area (Å²) in [7, 11) is 0. The maximum Gasteiger partial charge on any atom is 0.224 e. The fourth-order valence-electron chi connectivity index (χ4n) is 2.50. The minimum Gasteiger partial charge on any atom is -0.352 e. The molecule has 0 aromatic carbocycles. The molecule has 0 radical (unpaired) electrons. The lowest BCUT2D eigenvalue weighted by Gasteiger charge is -2.29. The van der Waals surface area contributed by atoms with Crippen molar-refractivity contribution in [3.63, 3.8) is 0 Å². The van der Waals surface area contributed by atoms with Gasteiger partial charge in [0.15, 0.2) is 0 Å². The van der Waals surface area contributed by atoms with Gasteiger partial charge in [-0.15, -0.1) is 0 Å². The van der Waals surface area contributed by atoms with Crippen LogP contribution in [0.1, 0.15) is 37.4 Å². The first-order valence-electron chi connectivity index (χ1n) is 7.09. The number of nitrogens with zero attached hydrogens (tertiary/aromatic N) is 1. The molecule has 0 bridgehead atoms. The second-order valence-corrected chi connectivity index (χ2v) is 5.40. The Bertz CT molecular complexity index is 410. The van der Waals surface area contributed by atoms with Crippen molar-refractivity contribution in [3.05, 3.63) is 29.6 Å². The minimum absolute atomic E-state index is 0.0746. The van der Waals surface area contributed by atoms with E-state index < -0.39 is 0 Å². The Morgan fingerprint density at radius 3 is 3.00 bits per heavy atom. The van der Waals surface area contributed by atoms with E-state index in [0.717, 1.165) is 24.2 Å². The molecule has 104 valence electrons. The lowest BCUT2D eigenvalue weighted by molar-refractivity contribution is -0.121. The van der Waals surface area contributed by atoms with Crippen LogP contribution in [-0.4, -0.2) is 29.5 Å². The molecule has 2 rings (SSSR count). The van der Waals surface area contributed by atoms with Crippen molar-refractivity contribution in [1.29, 1.82) is 0 Å². The monoisotopic (exact) mass is 261 g/mol. The number of pyridine rings is 1. The van der Waals surface area contributed by atoms with Crippen LogP contribution in [0.3, 0.4) is 0 Å². The predicted octanol–water partition coefficient (Wildman–Crippen LogP) is 1.58. The van der Waals surface area contributed by atoms with Gasteiger partial charge >= 0.3 is 0 Å². The standard InChI is InChI=1S/C15H23N3O/c1-11-6-7-13(10-17-11)9-15(19)18-12(2)14-5-3-4-8-16-14/h6-7,10,12,14,16H,3-5,8-9H2,1-2H3,(H,18,19)/t12-,14-/m1/s1. The van der Waals surface area contributed by atoms with Gasteiger partial charge in [0, 0.05) is 24.0 Å². The van der Waals surface area contributed by atoms with Crippen molar-refractivity contribution in [2.45, 2.75) is 51.6 Å². The zero-order valence-corrected chi connectivity index (χ0v) is 11.8. The second kappa shape index (κ2) is 6.66. The molecule has 19 heavy (non-hydrogen) atoms. The number of aromatic nitrogens is 1. The lowest BCUT2D eigenvalue weighted by atomic mass is 9.99. The van der Waals surface area contributed by atoms with E-state index in [2.05, 4.69) is 22.5 Å². The highest BCUT2D eigenvalue weighted by Gasteiger charge is 2.20. The molecule has 1 aliphatic rings. The summed E-state index contributed by atoms with van der Waals surface area (Å²) in [6.07, 6.45) is 5.82. The summed E-state index contributed by atoms with van der Waals surface area (Å²) < 4.78 is 0. The van der Waals surface area contributed by atoms with Gasteiger partial charge in [-0.05, 0) is 44.9 Å². The number of nitrogens with one attached hydrogen (secondary N) is 2. The summed E-state index contributed by atoms with van der Waals surface area (Å²) in [6, 6.07) is 4.50. The van der Waals surface area contributed by atoms with Crippen LogP contribution in [0.4, 0.5) is 0 Å². The summed E-state index contributed by atoms with van der Waals surface area (Å²) in [6.45, 7) is 5.09. The van der Waals surface area contributed by atoms with E-state index in [1.165, 1.54) is 12.8 Å². The van der Waals surface area contributed by atoms with Crippen molar-refractivity contribution < 1.29 is 4.79 Å². The van der Waals surface area contributed by atoms with Crippen LogP contribution < -0.4 is 10.6 Å². The van der Waals surface area contributed by atoms with Gasteiger partial charge < -0.3 is 10.6 Å². The zero-order chi connectivity index (χ0) is 13.7. The van der Waals surface area contributed by atoms with Crippen LogP contribution in [0.5, 0.6) is 0 Å². The normalized spacial score (nSPS) is 20.8. The van der Waals surface area contributed by atoms with Crippen LogP contribution in [-0.2, 0) is 11.2 Å². The van der Waals surface area contributed by atoms with Gasteiger partial charge in [0.2, 0.25) is 5.91 Å². The highest BCUT2D eigenvalue weighted by molar-refractivity contribution is 5.78. The van der Waals surface area contributed by atoms with Gasteiger partial charge in [0.25, 0.3) is 0 Å². The molecule has 0 spiro atoms. The van der Waals surface area contributed by atoms with Crippen LogP contribution in [0, 0.1) is 6.92 Å². The van der Waals surface area contributed by atoms with Gasteiger partial charge in [0.1, 0.15) is 0 Å². The number of hydrogen-bond acceptors (Lipinski definition) is 3. The quantitative estimate of drug-likeness (QED) is 0.865. The smallest absolute Gasteiger partial charge is 0.224 e. The highest BCUT2D eigenvalue weighted by Crippen LogP contribution is 2.10. The number of rotatable bonds is 4. The largest absolute Gasteiger partial charge is 0.352 e. The maximum atomic E-state index is 12.0. The zero-order valence-electron chi connectivity index (χ0n) is 11.8. The molecule has 0 saturated carbocycles. The third-order valence-electron chi connectivity index (χ3n) is 3.68. The molecule has 0 aliphatic carbocycles. The number of piperidine rings is 1. The molecule has 1 aromatic heterocycles. The van der Waals surface area contributed by atoms with Gasteiger partial charge in [-0.2, -0.15) is 0 Å². The Morgan fingerprint density at radius 2 is 2.37 bits per heavy atom. The Balaban J connectivity index is 1.81. The van der Waals surface area contributed by atoms with Gasteiger partial charge in [0.05, 0.1) is 6.42 Å². The van der Waals surface area contributed by atoms with Crippen molar-refractivity contribution in [2.75, 3.05) is 6.54 Å². The summed E-state index contributed by atoms with van der Waals surface area (Å²) >= 11 is 0. The molecule has 2 atom stereocenters. The van der Waals surface area contributed by atoms with Crippen LogP contribution >= 0.6 is 0 Å². The average Bonchev–Trinajstić information content (AvgIpc) is 2.42. The van der Waals surface area contributed by atoms with Gasteiger partial charge in [-0.3, -0.25) is 9.78 Å². The maximum absolute atomic E-state index is 12.0. The lowest BCUT2D eigenvalue weighted by Crippen LogP contribution is -2.50. The highest BCUT2D eigenvalue weighted by atomic mass is 16.1. The molecule has 1 saturated heterocycles. The molecule has 1 aliphatic heterocycles. The molecule has 2 heterocycles. The first kappa shape index (κ1) is 14.0. The SMILES string of the molecule is Cc1ccc(CC(=O)N[C@H](C)[C@H]2CCCCN2)cn1. The fourth-order valence-corrected chi connectivity index (χ4v) is 2.50. The van der Waals surface area contributed by atoms with Crippen molar-refractivity contribution in [2.24, 2.45) is 0 Å². The molecule has 1 fully saturated rings. The average molecular weight is 261 g/mol. The van der Waals surface area contributed by atoms with E-state index in [-0.39, 0.29) is 11.9 Å². The van der Waals surface area contributed by atoms with E-state index in [4.69, 9.17) is 0 Å². The van der Waals surface area contributed by atoms with E-state index in [1.807, 2.05) is 19.1 Å². The first-order valence-corrected chi connectivity index (χ1v) is 7.09. The molecule has 4 nitrogen and oxygen atoms in total. The number of aryl methyl sites for hydroxylation is 1. The third kappa shape index (κ3) is 4.31. The van der Waals surface area contributed by atoms with E-state index in [0.29, 0.717) is 12.5 Å². The Morgan fingerprint density at radius 1 is 1.53 bits per heavy atom. The predicted molar refractivity (Wildman–Crippen MR) is 75.9 cm³/mol. The Kier molecular flexibility index (Phi) is 4.91. The number of carbonyl (C=O) groups is 1. The summed E-state index contributed by atoms with van der Waals surface area (Å²) in [5, 5.41) is 6.55. The van der Waals surface area contributed by atoms with E-state index in [9.17, 15) is 4.79 Å². The summed E-state index contributed by atoms with van der Waals surface area (Å²) in [5.74, 6) is 0.0746. The molecule has 4 heteroatoms. The topological polar surface area (TPSA) is 54.0 Å². The Hall–Kier alpha value is -1.42. The van der Waals surface area contributed by atoms with Gasteiger partial charge in [-0.25, -0.2) is 0 Å². The molecule has 1 amide bonds. The van der Waals surface area contributed by atoms with E-state index in [1.54, 1.807) is 6.20 Å². The molecular formula is C15H23N3O. The first-order chi connectivity index (χ1) is 9.15. The molecular weight excluding hydrogens is 238 g/mol. The molecule has 1 aromatic rings. The van der Waals surface area contributed by atoms with E-state index >= 15 is 0 Å². The number of amides is 1. The van der Waals surface area contributed by atoms with Crippen LogP contribution in [0.15, 0.2) is 18.3 Å². The van der Waals surface area contributed by atoms with Crippen LogP contribution in [0.2, 0.25) is 0 Å². The second-order valence-electron chi connectivity index (χ2n) is 5.40. The van der Waals surface area contributed by atoms with Crippen molar-refractivity contribution in [1.82, 2.24) is 15.6 Å². The van der Waals surface area contributed by atoms with Crippen molar-refractivity contribution >= 4 is 5.91 Å². The summed E-state index contributed by atoms with van der Waals surface area (Å²) in [5.41, 5.74) is 1.94. The summed E-state index contributed by atoms with van der Waals surface area (Å²) in [4.78, 5) is 16.2. The number of carbonyl (C=O) groups excluding carboxylic acids is 1. The molecule has 0 unspecified atom stereocenters. The molecule has 2 N–H and O–H groups in total. The minimum atomic E-state index is 0.0746. The number of hydrogen-bond donors (Lipinski definition) is 2. The third-order valence-corrected chi connectivity index (χ3v) is 3.68. The fraction of sp³-hybridized carbons (Fsp3) is 0.600. The van der Waals surface area contributed by atoms with Crippen LogP contribution in [0.25, 0.3) is 0 Å². The van der Waals surface area contributed by atoms with Gasteiger partial charge in [-0.1, -0.05) is 12.5 Å². The Labute approximate surface area is 115 Å². The van der Waals surface area contributed by atoms with Crippen molar-refractivity contribution in [3.8, 4) is 0 Å².